The highest BCUT2D eigenvalue weighted by molar-refractivity contribution is 5.86. The van der Waals surface area contributed by atoms with Gasteiger partial charge < -0.3 is 4.90 Å². The van der Waals surface area contributed by atoms with Crippen molar-refractivity contribution in [1.29, 1.82) is 0 Å². The molecule has 1 atom stereocenters. The van der Waals surface area contributed by atoms with Gasteiger partial charge in [-0.15, -0.1) is 0 Å². The van der Waals surface area contributed by atoms with Gasteiger partial charge in [0.05, 0.1) is 0 Å². The molecule has 0 spiro atoms. The molecule has 0 aliphatic carbocycles. The first-order valence-corrected chi connectivity index (χ1v) is 5.44. The van der Waals surface area contributed by atoms with Crippen LogP contribution in [0, 0.1) is 0 Å². The van der Waals surface area contributed by atoms with Crippen LogP contribution in [0.2, 0.25) is 0 Å². The maximum Gasteiger partial charge on any atom is 0.256 e. The van der Waals surface area contributed by atoms with Gasteiger partial charge in [0, 0.05) is 13.5 Å². The molecule has 3 N–H and O–H groups in total. The molecule has 0 saturated carbocycles. The molecule has 5 nitrogen and oxygen atoms in total. The second-order valence-corrected chi connectivity index (χ2v) is 3.23. The number of nitrogens with one attached hydrogen (secondary N) is 1. The summed E-state index contributed by atoms with van der Waals surface area (Å²) in [5.41, 5.74) is 2.09. The minimum absolute atomic E-state index is 0.0618. The molecule has 1 unspecified atom stereocenters. The average Bonchev–Trinajstić information content (AvgIpc) is 2.30. The summed E-state index contributed by atoms with van der Waals surface area (Å²) in [5.74, 6) is 4.70. The van der Waals surface area contributed by atoms with Crippen molar-refractivity contribution < 1.29 is 9.59 Å². The van der Waals surface area contributed by atoms with Crippen LogP contribution in [-0.2, 0) is 9.59 Å². The zero-order valence-corrected chi connectivity index (χ0v) is 9.75. The van der Waals surface area contributed by atoms with Gasteiger partial charge in [-0.2, -0.15) is 0 Å². The lowest BCUT2D eigenvalue weighted by atomic mass is 10.0. The van der Waals surface area contributed by atoms with Gasteiger partial charge in [0.2, 0.25) is 5.91 Å². The molecule has 15 heavy (non-hydrogen) atoms. The highest BCUT2D eigenvalue weighted by atomic mass is 16.2. The van der Waals surface area contributed by atoms with Crippen LogP contribution in [-0.4, -0.2) is 29.3 Å². The van der Waals surface area contributed by atoms with Crippen LogP contribution < -0.4 is 11.3 Å². The van der Waals surface area contributed by atoms with E-state index >= 15 is 0 Å². The molecular weight excluding hydrogens is 194 g/mol. The number of rotatable bonds is 1. The Kier molecular flexibility index (Phi) is 6.70. The Hall–Kier alpha value is -1.10. The number of hydrogen-bond donors (Lipinski definition) is 2. The SMILES string of the molecule is CC.CC(=O)N1CCCCC1C(=O)NN. The quantitative estimate of drug-likeness (QED) is 0.378. The van der Waals surface area contributed by atoms with Crippen molar-refractivity contribution >= 4 is 11.8 Å². The normalized spacial score (nSPS) is 20.0. The third kappa shape index (κ3) is 3.87. The number of piperidine rings is 1. The Bertz CT molecular complexity index is 219. The molecular formula is C10H21N3O2. The fourth-order valence-electron chi connectivity index (χ4n) is 1.68. The molecule has 1 heterocycles. The third-order valence-electron chi connectivity index (χ3n) is 2.35. The largest absolute Gasteiger partial charge is 0.331 e. The van der Waals surface area contributed by atoms with Crippen molar-refractivity contribution in [3.05, 3.63) is 0 Å². The lowest BCUT2D eigenvalue weighted by molar-refractivity contribution is -0.140. The summed E-state index contributed by atoms with van der Waals surface area (Å²) in [5, 5.41) is 0. The Labute approximate surface area is 91.0 Å². The van der Waals surface area contributed by atoms with E-state index in [1.165, 1.54) is 6.92 Å². The first-order valence-electron chi connectivity index (χ1n) is 5.44. The van der Waals surface area contributed by atoms with Crippen molar-refractivity contribution in [1.82, 2.24) is 10.3 Å². The summed E-state index contributed by atoms with van der Waals surface area (Å²) in [6.45, 7) is 6.13. The number of hydrogen-bond acceptors (Lipinski definition) is 3. The van der Waals surface area contributed by atoms with Gasteiger partial charge in [0.1, 0.15) is 6.04 Å². The summed E-state index contributed by atoms with van der Waals surface area (Å²) in [7, 11) is 0. The molecule has 0 aromatic rings. The zero-order chi connectivity index (χ0) is 11.8. The van der Waals surface area contributed by atoms with Gasteiger partial charge in [-0.05, 0) is 19.3 Å². The summed E-state index contributed by atoms with van der Waals surface area (Å²) in [6.07, 6.45) is 2.65. The van der Waals surface area contributed by atoms with Gasteiger partial charge in [-0.1, -0.05) is 13.8 Å². The summed E-state index contributed by atoms with van der Waals surface area (Å²) < 4.78 is 0. The molecule has 1 fully saturated rings. The van der Waals surface area contributed by atoms with Crippen molar-refractivity contribution in [3.63, 3.8) is 0 Å². The second-order valence-electron chi connectivity index (χ2n) is 3.23. The lowest BCUT2D eigenvalue weighted by Crippen LogP contribution is -2.52. The standard InChI is InChI=1S/C8H15N3O2.C2H6/c1-6(12)11-5-3-2-4-7(11)8(13)10-9;1-2/h7H,2-5,9H2,1H3,(H,10,13);1-2H3. The molecule has 2 amide bonds. The van der Waals surface area contributed by atoms with Crippen LogP contribution in [0.25, 0.3) is 0 Å². The van der Waals surface area contributed by atoms with Crippen LogP contribution in [0.5, 0.6) is 0 Å². The second kappa shape index (κ2) is 7.23. The molecule has 1 aliphatic rings. The minimum Gasteiger partial charge on any atom is -0.331 e. The van der Waals surface area contributed by atoms with E-state index in [1.807, 2.05) is 13.8 Å². The Morgan fingerprint density at radius 3 is 2.40 bits per heavy atom. The van der Waals surface area contributed by atoms with Gasteiger partial charge >= 0.3 is 0 Å². The number of nitrogens with zero attached hydrogens (tertiary/aromatic N) is 1. The zero-order valence-electron chi connectivity index (χ0n) is 9.75. The molecule has 1 aliphatic heterocycles. The number of hydrazine groups is 1. The first kappa shape index (κ1) is 13.9. The van der Waals surface area contributed by atoms with Gasteiger partial charge in [-0.25, -0.2) is 5.84 Å². The number of carbonyl (C=O) groups is 2. The highest BCUT2D eigenvalue weighted by Gasteiger charge is 2.29. The van der Waals surface area contributed by atoms with E-state index in [1.54, 1.807) is 4.90 Å². The van der Waals surface area contributed by atoms with E-state index in [9.17, 15) is 9.59 Å². The Balaban J connectivity index is 0.000000921. The maximum absolute atomic E-state index is 11.3. The van der Waals surface area contributed by atoms with E-state index in [0.717, 1.165) is 12.8 Å². The van der Waals surface area contributed by atoms with E-state index in [-0.39, 0.29) is 17.9 Å². The van der Waals surface area contributed by atoms with E-state index in [0.29, 0.717) is 13.0 Å². The molecule has 0 radical (unpaired) electrons. The molecule has 0 bridgehead atoms. The molecule has 1 saturated heterocycles. The van der Waals surface area contributed by atoms with Crippen molar-refractivity contribution in [2.24, 2.45) is 5.84 Å². The molecule has 1 rings (SSSR count). The predicted octanol–water partition coefficient (Wildman–Crippen LogP) is 0.404. The van der Waals surface area contributed by atoms with Crippen molar-refractivity contribution in [2.45, 2.75) is 46.1 Å². The Morgan fingerprint density at radius 1 is 1.33 bits per heavy atom. The van der Waals surface area contributed by atoms with Gasteiger partial charge in [0.15, 0.2) is 0 Å². The molecule has 5 heteroatoms. The minimum atomic E-state index is -0.365. The van der Waals surface area contributed by atoms with Crippen molar-refractivity contribution in [3.8, 4) is 0 Å². The summed E-state index contributed by atoms with van der Waals surface area (Å²) in [4.78, 5) is 24.0. The monoisotopic (exact) mass is 215 g/mol. The van der Waals surface area contributed by atoms with Crippen molar-refractivity contribution in [2.75, 3.05) is 6.54 Å². The van der Waals surface area contributed by atoms with Crippen LogP contribution in [0.15, 0.2) is 0 Å². The van der Waals surface area contributed by atoms with Gasteiger partial charge in [-0.3, -0.25) is 15.0 Å². The van der Waals surface area contributed by atoms with E-state index in [2.05, 4.69) is 5.43 Å². The fraction of sp³-hybridized carbons (Fsp3) is 0.800. The fourth-order valence-corrected chi connectivity index (χ4v) is 1.68. The van der Waals surface area contributed by atoms with Crippen LogP contribution in [0.4, 0.5) is 0 Å². The van der Waals surface area contributed by atoms with Crippen LogP contribution >= 0.6 is 0 Å². The van der Waals surface area contributed by atoms with Gasteiger partial charge in [0.25, 0.3) is 5.91 Å². The molecule has 0 aromatic heterocycles. The topological polar surface area (TPSA) is 75.4 Å². The molecule has 0 aromatic carbocycles. The lowest BCUT2D eigenvalue weighted by Gasteiger charge is -2.33. The number of amides is 2. The smallest absolute Gasteiger partial charge is 0.256 e. The van der Waals surface area contributed by atoms with Crippen LogP contribution in [0.1, 0.15) is 40.0 Å². The van der Waals surface area contributed by atoms with Crippen LogP contribution in [0.3, 0.4) is 0 Å². The number of carbonyl (C=O) groups excluding carboxylic acids is 2. The Morgan fingerprint density at radius 2 is 1.93 bits per heavy atom. The first-order chi connectivity index (χ1) is 7.16. The summed E-state index contributed by atoms with van der Waals surface area (Å²) in [6, 6.07) is -0.365. The average molecular weight is 215 g/mol. The molecule has 88 valence electrons. The van der Waals surface area contributed by atoms with E-state index < -0.39 is 0 Å². The van der Waals surface area contributed by atoms with E-state index in [4.69, 9.17) is 5.84 Å². The predicted molar refractivity (Wildman–Crippen MR) is 58.7 cm³/mol. The number of likely N-dealkylation sites (tertiary alicyclic amines) is 1. The number of nitrogens with two attached hydrogens (primary N) is 1. The summed E-state index contributed by atoms with van der Waals surface area (Å²) >= 11 is 0. The third-order valence-corrected chi connectivity index (χ3v) is 2.35. The highest BCUT2D eigenvalue weighted by Crippen LogP contribution is 2.16. The maximum atomic E-state index is 11.3.